The van der Waals surface area contributed by atoms with E-state index < -0.39 is 5.54 Å². The van der Waals surface area contributed by atoms with Crippen molar-refractivity contribution in [3.8, 4) is 0 Å². The lowest BCUT2D eigenvalue weighted by atomic mass is 9.76. The van der Waals surface area contributed by atoms with Gasteiger partial charge in [0.25, 0.3) is 5.91 Å². The number of amides is 1. The molecule has 19 heavy (non-hydrogen) atoms. The molecule has 3 rings (SSSR count). The van der Waals surface area contributed by atoms with Crippen LogP contribution in [0.3, 0.4) is 0 Å². The number of hydrogen-bond donors (Lipinski definition) is 2. The van der Waals surface area contributed by atoms with Crippen LogP contribution in [0.25, 0.3) is 0 Å². The lowest BCUT2D eigenvalue weighted by molar-refractivity contribution is -0.124. The van der Waals surface area contributed by atoms with Gasteiger partial charge in [-0.05, 0) is 44.2 Å². The number of aryl methyl sites for hydroxylation is 1. The summed E-state index contributed by atoms with van der Waals surface area (Å²) in [5.74, 6) is 0.635. The third-order valence-electron chi connectivity index (χ3n) is 3.81. The van der Waals surface area contributed by atoms with Crippen LogP contribution in [0.15, 0.2) is 29.3 Å². The van der Waals surface area contributed by atoms with Crippen LogP contribution in [0.2, 0.25) is 0 Å². The first kappa shape index (κ1) is 12.2. The predicted molar refractivity (Wildman–Crippen MR) is 74.9 cm³/mol. The summed E-state index contributed by atoms with van der Waals surface area (Å²) in [6.07, 6.45) is 2.89. The standard InChI is InChI=1S/C15H19N3O/c1-10(2)16-14-17-13(19)15(18-14)9-5-7-11-6-3-4-8-12(11)15/h3-4,6,8,10H,5,7,9H2,1-2H3,(H2,16,17,18,19). The first-order valence-electron chi connectivity index (χ1n) is 6.88. The maximum absolute atomic E-state index is 12.5. The van der Waals surface area contributed by atoms with E-state index in [4.69, 9.17) is 0 Å². The van der Waals surface area contributed by atoms with Gasteiger partial charge >= 0.3 is 0 Å². The molecule has 1 aliphatic heterocycles. The van der Waals surface area contributed by atoms with Gasteiger partial charge in [-0.3, -0.25) is 15.1 Å². The van der Waals surface area contributed by atoms with Crippen LogP contribution < -0.4 is 10.6 Å². The van der Waals surface area contributed by atoms with Crippen molar-refractivity contribution in [1.29, 1.82) is 0 Å². The topological polar surface area (TPSA) is 53.5 Å². The predicted octanol–water partition coefficient (Wildman–Crippen LogP) is 1.70. The third kappa shape index (κ3) is 1.91. The smallest absolute Gasteiger partial charge is 0.257 e. The molecule has 2 N–H and O–H groups in total. The molecule has 1 aliphatic carbocycles. The zero-order chi connectivity index (χ0) is 13.5. The van der Waals surface area contributed by atoms with Crippen LogP contribution in [0.5, 0.6) is 0 Å². The Morgan fingerprint density at radius 2 is 2.11 bits per heavy atom. The quantitative estimate of drug-likeness (QED) is 0.804. The Labute approximate surface area is 113 Å². The second kappa shape index (κ2) is 4.37. The second-order valence-electron chi connectivity index (χ2n) is 5.57. The van der Waals surface area contributed by atoms with Crippen LogP contribution >= 0.6 is 0 Å². The second-order valence-corrected chi connectivity index (χ2v) is 5.57. The highest BCUT2D eigenvalue weighted by atomic mass is 16.2. The minimum atomic E-state index is -0.609. The summed E-state index contributed by atoms with van der Waals surface area (Å²) in [6, 6.07) is 8.37. The van der Waals surface area contributed by atoms with Gasteiger partial charge in [0, 0.05) is 6.04 Å². The number of guanidine groups is 1. The molecule has 0 bridgehead atoms. The molecule has 0 radical (unpaired) electrons. The highest BCUT2D eigenvalue weighted by Gasteiger charge is 2.48. The monoisotopic (exact) mass is 257 g/mol. The molecule has 1 fully saturated rings. The van der Waals surface area contributed by atoms with Crippen LogP contribution in [0.4, 0.5) is 0 Å². The van der Waals surface area contributed by atoms with Crippen molar-refractivity contribution in [3.63, 3.8) is 0 Å². The average molecular weight is 257 g/mol. The molecule has 1 saturated heterocycles. The van der Waals surface area contributed by atoms with Gasteiger partial charge in [-0.2, -0.15) is 0 Å². The number of rotatable bonds is 1. The number of fused-ring (bicyclic) bond motifs is 2. The molecule has 4 heteroatoms. The minimum absolute atomic E-state index is 0.0269. The van der Waals surface area contributed by atoms with E-state index >= 15 is 0 Å². The number of hydrogen-bond acceptors (Lipinski definition) is 2. The molecule has 1 aromatic carbocycles. The summed E-state index contributed by atoms with van der Waals surface area (Å²) in [4.78, 5) is 16.9. The third-order valence-corrected chi connectivity index (χ3v) is 3.81. The van der Waals surface area contributed by atoms with Crippen LogP contribution in [-0.2, 0) is 16.8 Å². The van der Waals surface area contributed by atoms with Crippen molar-refractivity contribution in [2.75, 3.05) is 0 Å². The van der Waals surface area contributed by atoms with Crippen LogP contribution in [0.1, 0.15) is 37.8 Å². The van der Waals surface area contributed by atoms with Crippen molar-refractivity contribution in [1.82, 2.24) is 10.6 Å². The van der Waals surface area contributed by atoms with Crippen molar-refractivity contribution in [2.24, 2.45) is 4.99 Å². The fraction of sp³-hybridized carbons (Fsp3) is 0.467. The summed E-state index contributed by atoms with van der Waals surface area (Å²) < 4.78 is 0. The first-order valence-corrected chi connectivity index (χ1v) is 6.88. The fourth-order valence-electron chi connectivity index (χ4n) is 3.03. The molecular formula is C15H19N3O. The Balaban J connectivity index is 2.04. The highest BCUT2D eigenvalue weighted by Crippen LogP contribution is 2.37. The van der Waals surface area contributed by atoms with E-state index in [0.29, 0.717) is 5.96 Å². The Bertz CT molecular complexity index is 550. The van der Waals surface area contributed by atoms with E-state index in [1.165, 1.54) is 5.56 Å². The van der Waals surface area contributed by atoms with E-state index in [0.717, 1.165) is 24.8 Å². The number of aliphatic imine (C=N–C) groups is 1. The van der Waals surface area contributed by atoms with Gasteiger partial charge < -0.3 is 5.32 Å². The van der Waals surface area contributed by atoms with Gasteiger partial charge in [0.2, 0.25) is 0 Å². The molecule has 4 nitrogen and oxygen atoms in total. The van der Waals surface area contributed by atoms with Gasteiger partial charge in [0.05, 0.1) is 0 Å². The number of carbonyl (C=O) groups is 1. The maximum atomic E-state index is 12.5. The number of benzene rings is 1. The average Bonchev–Trinajstić information content (AvgIpc) is 2.66. The van der Waals surface area contributed by atoms with Gasteiger partial charge in [0.15, 0.2) is 5.96 Å². The van der Waals surface area contributed by atoms with Gasteiger partial charge in [-0.25, -0.2) is 0 Å². The molecule has 1 heterocycles. The Kier molecular flexibility index (Phi) is 2.81. The molecule has 0 aromatic heterocycles. The summed E-state index contributed by atoms with van der Waals surface area (Å²) in [5.41, 5.74) is 1.76. The van der Waals surface area contributed by atoms with Crippen molar-refractivity contribution in [2.45, 2.75) is 44.7 Å². The molecule has 1 aromatic rings. The van der Waals surface area contributed by atoms with Crippen LogP contribution in [0, 0.1) is 0 Å². The number of nitrogens with one attached hydrogen (secondary N) is 2. The normalized spacial score (nSPS) is 27.5. The molecule has 1 spiro atoms. The van der Waals surface area contributed by atoms with E-state index in [2.05, 4.69) is 27.8 Å². The molecule has 0 saturated carbocycles. The van der Waals surface area contributed by atoms with Gasteiger partial charge in [0.1, 0.15) is 5.54 Å². The molecule has 100 valence electrons. The number of nitrogens with zero attached hydrogens (tertiary/aromatic N) is 1. The SMILES string of the molecule is CC(C)N=C1NC(=O)C2(CCCc3ccccc32)N1. The van der Waals surface area contributed by atoms with Crippen molar-refractivity contribution >= 4 is 11.9 Å². The minimum Gasteiger partial charge on any atom is -0.338 e. The summed E-state index contributed by atoms with van der Waals surface area (Å²) >= 11 is 0. The number of carbonyl (C=O) groups excluding carboxylic acids is 1. The molecule has 1 amide bonds. The van der Waals surface area contributed by atoms with Crippen molar-refractivity contribution < 1.29 is 4.79 Å². The van der Waals surface area contributed by atoms with Crippen molar-refractivity contribution in [3.05, 3.63) is 35.4 Å². The van der Waals surface area contributed by atoms with Gasteiger partial charge in [-0.15, -0.1) is 0 Å². The largest absolute Gasteiger partial charge is 0.338 e. The molecule has 2 aliphatic rings. The van der Waals surface area contributed by atoms with E-state index in [1.54, 1.807) is 0 Å². The summed E-state index contributed by atoms with van der Waals surface area (Å²) in [6.45, 7) is 4.00. The zero-order valence-corrected chi connectivity index (χ0v) is 11.4. The lowest BCUT2D eigenvalue weighted by Crippen LogP contribution is -2.46. The lowest BCUT2D eigenvalue weighted by Gasteiger charge is -2.33. The van der Waals surface area contributed by atoms with E-state index in [9.17, 15) is 4.79 Å². The first-order chi connectivity index (χ1) is 9.12. The Hall–Kier alpha value is -1.84. The molecular weight excluding hydrogens is 238 g/mol. The Morgan fingerprint density at radius 1 is 1.32 bits per heavy atom. The van der Waals surface area contributed by atoms with E-state index in [-0.39, 0.29) is 11.9 Å². The Morgan fingerprint density at radius 3 is 2.89 bits per heavy atom. The fourth-order valence-corrected chi connectivity index (χ4v) is 3.03. The summed E-state index contributed by atoms with van der Waals surface area (Å²) in [7, 11) is 0. The van der Waals surface area contributed by atoms with Gasteiger partial charge in [-0.1, -0.05) is 24.3 Å². The molecule has 1 unspecified atom stereocenters. The molecule has 1 atom stereocenters. The zero-order valence-electron chi connectivity index (χ0n) is 11.4. The summed E-state index contributed by atoms with van der Waals surface area (Å²) in [5, 5.41) is 6.22. The highest BCUT2D eigenvalue weighted by molar-refractivity contribution is 6.09. The maximum Gasteiger partial charge on any atom is 0.257 e. The van der Waals surface area contributed by atoms with E-state index in [1.807, 2.05) is 26.0 Å². The van der Waals surface area contributed by atoms with Crippen LogP contribution in [-0.4, -0.2) is 17.9 Å².